The van der Waals surface area contributed by atoms with Crippen molar-refractivity contribution in [3.63, 3.8) is 0 Å². The number of hydrogen-bond acceptors (Lipinski definition) is 5. The molecule has 22 heavy (non-hydrogen) atoms. The van der Waals surface area contributed by atoms with E-state index in [2.05, 4.69) is 22.5 Å². The molecule has 2 aliphatic carbocycles. The molecule has 1 fully saturated rings. The van der Waals surface area contributed by atoms with Gasteiger partial charge in [-0.25, -0.2) is 4.98 Å². The number of hydrogen-bond donors (Lipinski definition) is 3. The molecule has 0 saturated heterocycles. The number of allylic oxidation sites excluding steroid dienone is 1. The SMILES string of the molecule is CN(C)C(=O)[C@@H]1[C@H](Nc2c(Cl)cnc(N)c2N)[C@H]2C=C[C@@H]1C2. The molecule has 5 N–H and O–H groups in total. The van der Waals surface area contributed by atoms with Crippen molar-refractivity contribution in [3.8, 4) is 0 Å². The molecule has 0 aromatic carbocycles. The fraction of sp³-hybridized carbons (Fsp3) is 0.467. The summed E-state index contributed by atoms with van der Waals surface area (Å²) < 4.78 is 0. The van der Waals surface area contributed by atoms with Gasteiger partial charge < -0.3 is 21.7 Å². The van der Waals surface area contributed by atoms with Crippen LogP contribution in [-0.2, 0) is 4.79 Å². The van der Waals surface area contributed by atoms with Gasteiger partial charge in [0, 0.05) is 20.1 Å². The number of anilines is 3. The first-order valence-electron chi connectivity index (χ1n) is 7.25. The van der Waals surface area contributed by atoms with Crippen LogP contribution in [0.4, 0.5) is 17.2 Å². The molecule has 0 spiro atoms. The summed E-state index contributed by atoms with van der Waals surface area (Å²) in [6, 6.07) is -0.0356. The standard InChI is InChI=1S/C15H20ClN5O/c1-21(2)15(22)10-7-3-4-8(5-7)12(10)20-13-9(16)6-19-14(18)11(13)17/h3-4,6-8,10,12H,5,17H2,1-2H3,(H3,18,19,20)/t7-,8+,10+,12-/m1/s1. The van der Waals surface area contributed by atoms with E-state index in [1.807, 2.05) is 0 Å². The monoisotopic (exact) mass is 321 g/mol. The second-order valence-electron chi connectivity index (χ2n) is 6.16. The summed E-state index contributed by atoms with van der Waals surface area (Å²) in [6.07, 6.45) is 6.75. The van der Waals surface area contributed by atoms with Gasteiger partial charge >= 0.3 is 0 Å². The Kier molecular flexibility index (Phi) is 3.64. The maximum Gasteiger partial charge on any atom is 0.227 e. The lowest BCUT2D eigenvalue weighted by Crippen LogP contribution is -2.43. The van der Waals surface area contributed by atoms with Crippen LogP contribution < -0.4 is 16.8 Å². The molecule has 3 rings (SSSR count). The predicted octanol–water partition coefficient (Wildman–Crippen LogP) is 1.59. The number of halogens is 1. The number of fused-ring (bicyclic) bond motifs is 2. The molecule has 2 bridgehead atoms. The van der Waals surface area contributed by atoms with Crippen LogP contribution in [0.5, 0.6) is 0 Å². The van der Waals surface area contributed by atoms with Gasteiger partial charge in [-0.1, -0.05) is 23.8 Å². The predicted molar refractivity (Wildman–Crippen MR) is 88.4 cm³/mol. The Morgan fingerprint density at radius 3 is 2.73 bits per heavy atom. The van der Waals surface area contributed by atoms with Gasteiger partial charge in [0.05, 0.1) is 28.5 Å². The molecule has 1 aromatic heterocycles. The van der Waals surface area contributed by atoms with E-state index in [0.717, 1.165) is 6.42 Å². The van der Waals surface area contributed by atoms with Crippen LogP contribution in [0.2, 0.25) is 5.02 Å². The quantitative estimate of drug-likeness (QED) is 0.734. The third-order valence-electron chi connectivity index (χ3n) is 4.60. The lowest BCUT2D eigenvalue weighted by atomic mass is 9.87. The number of carbonyl (C=O) groups is 1. The van der Waals surface area contributed by atoms with Crippen molar-refractivity contribution in [1.29, 1.82) is 0 Å². The van der Waals surface area contributed by atoms with Gasteiger partial charge in [-0.3, -0.25) is 4.79 Å². The summed E-state index contributed by atoms with van der Waals surface area (Å²) in [4.78, 5) is 18.1. The van der Waals surface area contributed by atoms with Gasteiger partial charge in [0.15, 0.2) is 0 Å². The maximum absolute atomic E-state index is 12.5. The Hall–Kier alpha value is -1.95. The first-order valence-corrected chi connectivity index (χ1v) is 7.63. The van der Waals surface area contributed by atoms with Crippen LogP contribution in [0.15, 0.2) is 18.3 Å². The minimum absolute atomic E-state index is 0.0356. The molecule has 1 aromatic rings. The Morgan fingerprint density at radius 2 is 2.05 bits per heavy atom. The normalized spacial score (nSPS) is 28.9. The van der Waals surface area contributed by atoms with Crippen molar-refractivity contribution < 1.29 is 4.79 Å². The zero-order valence-electron chi connectivity index (χ0n) is 12.6. The third-order valence-corrected chi connectivity index (χ3v) is 4.88. The Labute approximate surface area is 134 Å². The molecule has 118 valence electrons. The van der Waals surface area contributed by atoms with Gasteiger partial charge in [0.2, 0.25) is 5.91 Å². The van der Waals surface area contributed by atoms with Crippen LogP contribution in [-0.4, -0.2) is 35.9 Å². The molecule has 0 aliphatic heterocycles. The molecule has 0 radical (unpaired) electrons. The molecule has 0 unspecified atom stereocenters. The van der Waals surface area contributed by atoms with E-state index in [1.54, 1.807) is 19.0 Å². The average Bonchev–Trinajstić information content (AvgIpc) is 3.07. The summed E-state index contributed by atoms with van der Waals surface area (Å²) in [5.74, 6) is 0.794. The van der Waals surface area contributed by atoms with E-state index >= 15 is 0 Å². The third kappa shape index (κ3) is 2.27. The van der Waals surface area contributed by atoms with Crippen LogP contribution in [0.3, 0.4) is 0 Å². The number of pyridine rings is 1. The number of nitrogen functional groups attached to an aromatic ring is 2. The highest BCUT2D eigenvalue weighted by Crippen LogP contribution is 2.47. The van der Waals surface area contributed by atoms with Gasteiger partial charge in [0.1, 0.15) is 5.82 Å². The number of nitrogens with two attached hydrogens (primary N) is 2. The fourth-order valence-corrected chi connectivity index (χ4v) is 3.69. The topological polar surface area (TPSA) is 97.3 Å². The van der Waals surface area contributed by atoms with E-state index < -0.39 is 0 Å². The highest BCUT2D eigenvalue weighted by atomic mass is 35.5. The molecule has 1 amide bonds. The van der Waals surface area contributed by atoms with Gasteiger partial charge in [-0.15, -0.1) is 0 Å². The first kappa shape index (κ1) is 15.0. The Balaban J connectivity index is 1.93. The van der Waals surface area contributed by atoms with E-state index in [0.29, 0.717) is 22.3 Å². The molecule has 2 aliphatic rings. The lowest BCUT2D eigenvalue weighted by Gasteiger charge is -2.31. The molecule has 1 saturated carbocycles. The zero-order valence-corrected chi connectivity index (χ0v) is 13.3. The summed E-state index contributed by atoms with van der Waals surface area (Å²) >= 11 is 6.20. The number of nitrogens with zero attached hydrogens (tertiary/aromatic N) is 2. The van der Waals surface area contributed by atoms with Crippen molar-refractivity contribution >= 4 is 34.7 Å². The van der Waals surface area contributed by atoms with Crippen molar-refractivity contribution in [2.75, 3.05) is 30.9 Å². The summed E-state index contributed by atoms with van der Waals surface area (Å²) in [7, 11) is 3.56. The summed E-state index contributed by atoms with van der Waals surface area (Å²) in [5, 5.41) is 3.77. The number of rotatable bonds is 3. The van der Waals surface area contributed by atoms with Crippen LogP contribution >= 0.6 is 11.6 Å². The number of amides is 1. The number of aromatic nitrogens is 1. The smallest absolute Gasteiger partial charge is 0.227 e. The van der Waals surface area contributed by atoms with Gasteiger partial charge in [0.25, 0.3) is 0 Å². The van der Waals surface area contributed by atoms with E-state index in [9.17, 15) is 4.79 Å². The first-order chi connectivity index (χ1) is 10.4. The van der Waals surface area contributed by atoms with E-state index in [4.69, 9.17) is 23.1 Å². The van der Waals surface area contributed by atoms with Crippen molar-refractivity contribution in [3.05, 3.63) is 23.4 Å². The number of nitrogens with one attached hydrogen (secondary N) is 1. The second kappa shape index (κ2) is 5.35. The highest BCUT2D eigenvalue weighted by molar-refractivity contribution is 6.34. The lowest BCUT2D eigenvalue weighted by molar-refractivity contribution is -0.133. The molecular formula is C15H20ClN5O. The minimum Gasteiger partial charge on any atom is -0.394 e. The van der Waals surface area contributed by atoms with Gasteiger partial charge in [-0.05, 0) is 18.3 Å². The van der Waals surface area contributed by atoms with Crippen LogP contribution in [0.25, 0.3) is 0 Å². The van der Waals surface area contributed by atoms with Crippen molar-refractivity contribution in [1.82, 2.24) is 9.88 Å². The largest absolute Gasteiger partial charge is 0.394 e. The minimum atomic E-state index is -0.116. The van der Waals surface area contributed by atoms with Crippen LogP contribution in [0, 0.1) is 17.8 Å². The fourth-order valence-electron chi connectivity index (χ4n) is 3.48. The summed E-state index contributed by atoms with van der Waals surface area (Å²) in [5.41, 5.74) is 12.6. The Bertz CT molecular complexity index is 645. The zero-order chi connectivity index (χ0) is 16.0. The molecular weight excluding hydrogens is 302 g/mol. The average molecular weight is 322 g/mol. The van der Waals surface area contributed by atoms with Crippen molar-refractivity contribution in [2.24, 2.45) is 17.8 Å². The van der Waals surface area contributed by atoms with Gasteiger partial charge in [-0.2, -0.15) is 0 Å². The van der Waals surface area contributed by atoms with Crippen LogP contribution in [0.1, 0.15) is 6.42 Å². The molecule has 7 heteroatoms. The number of carbonyl (C=O) groups excluding carboxylic acids is 1. The second-order valence-corrected chi connectivity index (χ2v) is 6.56. The highest BCUT2D eigenvalue weighted by Gasteiger charge is 2.48. The maximum atomic E-state index is 12.5. The van der Waals surface area contributed by atoms with Crippen molar-refractivity contribution in [2.45, 2.75) is 12.5 Å². The van der Waals surface area contributed by atoms with E-state index in [-0.39, 0.29) is 29.6 Å². The Morgan fingerprint density at radius 1 is 1.36 bits per heavy atom. The summed E-state index contributed by atoms with van der Waals surface area (Å²) in [6.45, 7) is 0. The van der Waals surface area contributed by atoms with E-state index in [1.165, 1.54) is 6.20 Å². The molecule has 1 heterocycles. The molecule has 6 nitrogen and oxygen atoms in total. The molecule has 4 atom stereocenters.